The van der Waals surface area contributed by atoms with E-state index >= 15 is 0 Å². The number of halogens is 2. The quantitative estimate of drug-likeness (QED) is 0.652. The smallest absolute Gasteiger partial charge is 0.327 e. The molecule has 3 heterocycles. The molecule has 0 radical (unpaired) electrons. The van der Waals surface area contributed by atoms with Crippen LogP contribution in [0.4, 0.5) is 8.78 Å². The minimum Gasteiger partial charge on any atom is -0.468 e. The largest absolute Gasteiger partial charge is 0.468 e. The van der Waals surface area contributed by atoms with E-state index in [0.29, 0.717) is 23.5 Å². The topological polar surface area (TPSA) is 74.8 Å². The first-order chi connectivity index (χ1) is 12.4. The first-order valence-corrected chi connectivity index (χ1v) is 8.13. The molecule has 7 nitrogen and oxygen atoms in total. The van der Waals surface area contributed by atoms with Crippen LogP contribution in [0.3, 0.4) is 0 Å². The molecule has 3 aromatic heterocycles. The van der Waals surface area contributed by atoms with Gasteiger partial charge in [-0.3, -0.25) is 9.48 Å². The van der Waals surface area contributed by atoms with E-state index in [-0.39, 0.29) is 23.1 Å². The van der Waals surface area contributed by atoms with Gasteiger partial charge in [-0.1, -0.05) is 0 Å². The van der Waals surface area contributed by atoms with Crippen LogP contribution in [0.1, 0.15) is 30.3 Å². The molecule has 0 aliphatic rings. The van der Waals surface area contributed by atoms with Gasteiger partial charge in [-0.25, -0.2) is 18.4 Å². The summed E-state index contributed by atoms with van der Waals surface area (Å²) in [6.07, 6.45) is -1.09. The number of nitrogens with zero attached hydrogens (tertiary/aromatic N) is 5. The lowest BCUT2D eigenvalue weighted by molar-refractivity contribution is -0.141. The van der Waals surface area contributed by atoms with E-state index in [1.165, 1.54) is 17.9 Å². The molecule has 9 heteroatoms. The average molecular weight is 363 g/mol. The fourth-order valence-electron chi connectivity index (χ4n) is 3.01. The SMILES string of the molecule is CCn1ncc(-c2cc(C(F)F)c3c(C)nn(CC(=O)OC)c3n2)c1C. The number of carbonyl (C=O) groups excluding carboxylic acids is 1. The van der Waals surface area contributed by atoms with Gasteiger partial charge < -0.3 is 4.74 Å². The highest BCUT2D eigenvalue weighted by Crippen LogP contribution is 2.33. The first kappa shape index (κ1) is 18.0. The van der Waals surface area contributed by atoms with E-state index < -0.39 is 12.4 Å². The third kappa shape index (κ3) is 2.93. The number of methoxy groups -OCH3 is 1. The van der Waals surface area contributed by atoms with Crippen molar-refractivity contribution in [3.8, 4) is 11.3 Å². The Balaban J connectivity index is 2.26. The minimum absolute atomic E-state index is 0.165. The molecule has 0 amide bonds. The molecular formula is C17H19F2N5O2. The van der Waals surface area contributed by atoms with Gasteiger partial charge in [0.2, 0.25) is 0 Å². The van der Waals surface area contributed by atoms with Crippen molar-refractivity contribution >= 4 is 17.0 Å². The standard InChI is InChI=1S/C17H19F2N5O2/c1-5-23-10(3)12(7-20-23)13-6-11(16(18)19)15-9(2)22-24(17(15)21-13)8-14(25)26-4/h6-7,16H,5,8H2,1-4H3. The van der Waals surface area contributed by atoms with Crippen molar-refractivity contribution < 1.29 is 18.3 Å². The molecule has 0 bridgehead atoms. The van der Waals surface area contributed by atoms with E-state index in [0.717, 1.165) is 5.69 Å². The van der Waals surface area contributed by atoms with Crippen LogP contribution in [0.5, 0.6) is 0 Å². The molecule has 3 rings (SSSR count). The minimum atomic E-state index is -2.70. The maximum atomic E-state index is 13.7. The van der Waals surface area contributed by atoms with E-state index in [1.54, 1.807) is 17.8 Å². The van der Waals surface area contributed by atoms with E-state index in [2.05, 4.69) is 19.9 Å². The number of fused-ring (bicyclic) bond motifs is 1. The lowest BCUT2D eigenvalue weighted by Crippen LogP contribution is -2.13. The molecular weight excluding hydrogens is 344 g/mol. The van der Waals surface area contributed by atoms with Crippen LogP contribution >= 0.6 is 0 Å². The number of aryl methyl sites for hydroxylation is 2. The maximum Gasteiger partial charge on any atom is 0.327 e. The van der Waals surface area contributed by atoms with Crippen molar-refractivity contribution in [3.63, 3.8) is 0 Å². The predicted molar refractivity (Wildman–Crippen MR) is 90.9 cm³/mol. The van der Waals surface area contributed by atoms with Gasteiger partial charge >= 0.3 is 5.97 Å². The van der Waals surface area contributed by atoms with E-state index in [1.807, 2.05) is 13.8 Å². The number of hydrogen-bond acceptors (Lipinski definition) is 5. The summed E-state index contributed by atoms with van der Waals surface area (Å²) in [6.45, 7) is 5.88. The zero-order valence-electron chi connectivity index (χ0n) is 15.0. The molecule has 0 aromatic carbocycles. The Labute approximate surface area is 148 Å². The summed E-state index contributed by atoms with van der Waals surface area (Å²) in [7, 11) is 1.26. The molecule has 0 fully saturated rings. The third-order valence-corrected chi connectivity index (χ3v) is 4.33. The molecule has 0 spiro atoms. The summed E-state index contributed by atoms with van der Waals surface area (Å²) >= 11 is 0. The zero-order valence-corrected chi connectivity index (χ0v) is 15.0. The highest BCUT2D eigenvalue weighted by molar-refractivity contribution is 5.86. The first-order valence-electron chi connectivity index (χ1n) is 8.13. The lowest BCUT2D eigenvalue weighted by Gasteiger charge is -2.08. The van der Waals surface area contributed by atoms with Crippen LogP contribution in [0.25, 0.3) is 22.3 Å². The van der Waals surface area contributed by atoms with Crippen molar-refractivity contribution in [3.05, 3.63) is 29.2 Å². The van der Waals surface area contributed by atoms with Crippen molar-refractivity contribution in [2.75, 3.05) is 7.11 Å². The molecule has 3 aromatic rings. The molecule has 0 N–H and O–H groups in total. The van der Waals surface area contributed by atoms with Crippen molar-refractivity contribution in [2.45, 2.75) is 40.3 Å². The highest BCUT2D eigenvalue weighted by Gasteiger charge is 2.23. The second-order valence-corrected chi connectivity index (χ2v) is 5.87. The Bertz CT molecular complexity index is 977. The highest BCUT2D eigenvalue weighted by atomic mass is 19.3. The summed E-state index contributed by atoms with van der Waals surface area (Å²) in [6, 6.07) is 1.37. The lowest BCUT2D eigenvalue weighted by atomic mass is 10.1. The van der Waals surface area contributed by atoms with Crippen LogP contribution in [0.15, 0.2) is 12.3 Å². The number of ether oxygens (including phenoxy) is 1. The van der Waals surface area contributed by atoms with Crippen LogP contribution in [-0.2, 0) is 22.6 Å². The van der Waals surface area contributed by atoms with Gasteiger partial charge in [0.1, 0.15) is 6.54 Å². The van der Waals surface area contributed by atoms with Gasteiger partial charge in [0, 0.05) is 23.4 Å². The zero-order chi connectivity index (χ0) is 19.0. The van der Waals surface area contributed by atoms with Crippen LogP contribution in [-0.4, -0.2) is 37.6 Å². The normalized spacial score (nSPS) is 11.5. The van der Waals surface area contributed by atoms with Gasteiger partial charge in [-0.2, -0.15) is 10.2 Å². The number of aromatic nitrogens is 5. The van der Waals surface area contributed by atoms with Gasteiger partial charge in [-0.15, -0.1) is 0 Å². The third-order valence-electron chi connectivity index (χ3n) is 4.33. The summed E-state index contributed by atoms with van der Waals surface area (Å²) in [5.74, 6) is -0.532. The van der Waals surface area contributed by atoms with Gasteiger partial charge in [0.05, 0.1) is 30.1 Å². The fraction of sp³-hybridized carbons (Fsp3) is 0.412. The number of esters is 1. The molecule has 0 atom stereocenters. The molecule has 0 aliphatic heterocycles. The second-order valence-electron chi connectivity index (χ2n) is 5.87. The van der Waals surface area contributed by atoms with Crippen molar-refractivity contribution in [2.24, 2.45) is 0 Å². The summed E-state index contributed by atoms with van der Waals surface area (Å²) in [5.41, 5.74) is 2.32. The summed E-state index contributed by atoms with van der Waals surface area (Å²) in [4.78, 5) is 16.1. The Morgan fingerprint density at radius 1 is 1.31 bits per heavy atom. The van der Waals surface area contributed by atoms with Crippen LogP contribution in [0, 0.1) is 13.8 Å². The number of hydrogen-bond donors (Lipinski definition) is 0. The number of carbonyl (C=O) groups is 1. The van der Waals surface area contributed by atoms with E-state index in [4.69, 9.17) is 0 Å². The molecule has 138 valence electrons. The predicted octanol–water partition coefficient (Wildman–Crippen LogP) is 3.04. The number of pyridine rings is 1. The summed E-state index contributed by atoms with van der Waals surface area (Å²) in [5, 5.41) is 8.70. The maximum absolute atomic E-state index is 13.7. The average Bonchev–Trinajstić information content (AvgIpc) is 3.14. The Kier molecular flexibility index (Phi) is 4.71. The van der Waals surface area contributed by atoms with E-state index in [9.17, 15) is 13.6 Å². The number of rotatable bonds is 5. The van der Waals surface area contributed by atoms with Crippen LogP contribution < -0.4 is 0 Å². The number of alkyl halides is 2. The van der Waals surface area contributed by atoms with Crippen molar-refractivity contribution in [1.82, 2.24) is 24.5 Å². The van der Waals surface area contributed by atoms with Crippen molar-refractivity contribution in [1.29, 1.82) is 0 Å². The second kappa shape index (κ2) is 6.81. The fourth-order valence-corrected chi connectivity index (χ4v) is 3.01. The molecule has 26 heavy (non-hydrogen) atoms. The van der Waals surface area contributed by atoms with Gasteiger partial charge in [0.25, 0.3) is 6.43 Å². The Morgan fingerprint density at radius 2 is 2.04 bits per heavy atom. The molecule has 0 saturated heterocycles. The summed E-state index contributed by atoms with van der Waals surface area (Å²) < 4.78 is 35.1. The molecule has 0 unspecified atom stereocenters. The Morgan fingerprint density at radius 3 is 2.62 bits per heavy atom. The van der Waals surface area contributed by atoms with Gasteiger partial charge in [0.15, 0.2) is 5.65 Å². The monoisotopic (exact) mass is 363 g/mol. The Hall–Kier alpha value is -2.84. The van der Waals surface area contributed by atoms with Crippen LogP contribution in [0.2, 0.25) is 0 Å². The van der Waals surface area contributed by atoms with Gasteiger partial charge in [-0.05, 0) is 26.8 Å². The molecule has 0 saturated carbocycles. The molecule has 0 aliphatic carbocycles.